The average molecular weight is 371 g/mol. The second kappa shape index (κ2) is 5.74. The average Bonchev–Trinajstić information content (AvgIpc) is 3.15. The minimum Gasteiger partial charge on any atom is -0.493 e. The van der Waals surface area contributed by atoms with Crippen molar-refractivity contribution in [3.63, 3.8) is 0 Å². The smallest absolute Gasteiger partial charge is 0.255 e. The van der Waals surface area contributed by atoms with Crippen molar-refractivity contribution in [2.24, 2.45) is 11.8 Å². The Morgan fingerprint density at radius 2 is 2.07 bits per heavy atom. The number of para-hydroxylation sites is 1. The lowest BCUT2D eigenvalue weighted by molar-refractivity contribution is -0.0810. The molecule has 4 aliphatic rings. The Morgan fingerprint density at radius 3 is 2.74 bits per heavy atom. The zero-order valence-corrected chi connectivity index (χ0v) is 15.2. The van der Waals surface area contributed by atoms with Gasteiger partial charge in [0.1, 0.15) is 0 Å². The second-order valence-corrected chi connectivity index (χ2v) is 8.47. The van der Waals surface area contributed by atoms with E-state index in [1.807, 2.05) is 0 Å². The summed E-state index contributed by atoms with van der Waals surface area (Å²) in [6.07, 6.45) is 7.40. The lowest BCUT2D eigenvalue weighted by Crippen LogP contribution is -2.66. The van der Waals surface area contributed by atoms with Gasteiger partial charge in [0, 0.05) is 5.54 Å². The van der Waals surface area contributed by atoms with E-state index in [1.54, 1.807) is 10.9 Å². The van der Waals surface area contributed by atoms with Crippen molar-refractivity contribution >= 4 is 5.91 Å². The number of hydrogen-bond acceptors (Lipinski definition) is 5. The highest BCUT2D eigenvalue weighted by atomic mass is 19.1. The van der Waals surface area contributed by atoms with Crippen LogP contribution in [0.15, 0.2) is 24.5 Å². The number of tetrazole rings is 1. The molecule has 6 rings (SSSR count). The Hall–Kier alpha value is -2.51. The molecule has 1 amide bonds. The minimum absolute atomic E-state index is 0.00705. The third kappa shape index (κ3) is 2.53. The fourth-order valence-electron chi connectivity index (χ4n) is 6.18. The van der Waals surface area contributed by atoms with Crippen LogP contribution < -0.4 is 10.1 Å². The van der Waals surface area contributed by atoms with Crippen LogP contribution in [-0.2, 0) is 5.54 Å². The Balaban J connectivity index is 1.47. The van der Waals surface area contributed by atoms with Gasteiger partial charge in [-0.2, -0.15) is 4.80 Å². The van der Waals surface area contributed by atoms with Gasteiger partial charge in [0.05, 0.1) is 18.2 Å². The molecule has 1 heterocycles. The van der Waals surface area contributed by atoms with E-state index in [0.29, 0.717) is 11.8 Å². The van der Waals surface area contributed by atoms with Crippen molar-refractivity contribution < 1.29 is 13.9 Å². The third-order valence-electron chi connectivity index (χ3n) is 6.60. The van der Waals surface area contributed by atoms with E-state index in [1.165, 1.54) is 32.0 Å². The fourth-order valence-corrected chi connectivity index (χ4v) is 6.18. The molecule has 8 heteroatoms. The molecule has 0 radical (unpaired) electrons. The molecule has 4 aliphatic carbocycles. The van der Waals surface area contributed by atoms with E-state index >= 15 is 0 Å². The van der Waals surface area contributed by atoms with Crippen LogP contribution in [0.25, 0.3) is 0 Å². The van der Waals surface area contributed by atoms with Gasteiger partial charge in [-0.25, -0.2) is 4.39 Å². The molecule has 7 nitrogen and oxygen atoms in total. The molecule has 2 atom stereocenters. The zero-order valence-electron chi connectivity index (χ0n) is 15.2. The van der Waals surface area contributed by atoms with Gasteiger partial charge >= 0.3 is 0 Å². The van der Waals surface area contributed by atoms with E-state index < -0.39 is 5.82 Å². The van der Waals surface area contributed by atoms with Crippen LogP contribution in [0.4, 0.5) is 4.39 Å². The van der Waals surface area contributed by atoms with Crippen LogP contribution in [0, 0.1) is 17.7 Å². The number of ether oxygens (including phenoxy) is 1. The third-order valence-corrected chi connectivity index (χ3v) is 6.60. The molecule has 1 N–H and O–H groups in total. The van der Waals surface area contributed by atoms with Crippen LogP contribution in [-0.4, -0.2) is 38.8 Å². The summed E-state index contributed by atoms with van der Waals surface area (Å²) >= 11 is 0. The molecule has 4 fully saturated rings. The number of hydrogen-bond donors (Lipinski definition) is 1. The predicted molar refractivity (Wildman–Crippen MR) is 93.6 cm³/mol. The van der Waals surface area contributed by atoms with Gasteiger partial charge in [-0.3, -0.25) is 4.79 Å². The number of carbonyl (C=O) groups is 1. The topological polar surface area (TPSA) is 81.9 Å². The maximum absolute atomic E-state index is 14.0. The summed E-state index contributed by atoms with van der Waals surface area (Å²) < 4.78 is 19.2. The quantitative estimate of drug-likeness (QED) is 0.892. The monoisotopic (exact) mass is 371 g/mol. The van der Waals surface area contributed by atoms with E-state index in [2.05, 4.69) is 20.7 Å². The number of amides is 1. The second-order valence-electron chi connectivity index (χ2n) is 8.47. The lowest BCUT2D eigenvalue weighted by atomic mass is 9.50. The number of rotatable bonds is 4. The largest absolute Gasteiger partial charge is 0.493 e. The predicted octanol–water partition coefficient (Wildman–Crippen LogP) is 2.30. The summed E-state index contributed by atoms with van der Waals surface area (Å²) in [5.74, 6) is 0.250. The van der Waals surface area contributed by atoms with E-state index in [0.717, 1.165) is 32.1 Å². The van der Waals surface area contributed by atoms with Crippen LogP contribution >= 0.6 is 0 Å². The first-order valence-corrected chi connectivity index (χ1v) is 9.41. The van der Waals surface area contributed by atoms with Gasteiger partial charge in [-0.1, -0.05) is 6.07 Å². The van der Waals surface area contributed by atoms with Gasteiger partial charge < -0.3 is 10.1 Å². The molecule has 0 aliphatic heterocycles. The van der Waals surface area contributed by atoms with E-state index in [4.69, 9.17) is 4.74 Å². The minimum atomic E-state index is -0.529. The molecule has 1 aromatic heterocycles. The Kier molecular flexibility index (Phi) is 3.54. The lowest BCUT2D eigenvalue weighted by Gasteiger charge is -2.61. The van der Waals surface area contributed by atoms with Crippen molar-refractivity contribution in [2.75, 3.05) is 7.11 Å². The Morgan fingerprint density at radius 1 is 1.30 bits per heavy atom. The van der Waals surface area contributed by atoms with Gasteiger partial charge in [0.15, 0.2) is 17.9 Å². The summed E-state index contributed by atoms with van der Waals surface area (Å²) in [5.41, 5.74) is -0.257. The van der Waals surface area contributed by atoms with E-state index in [9.17, 15) is 9.18 Å². The number of nitrogens with zero attached hydrogens (tertiary/aromatic N) is 4. The standard InChI is InChI=1S/C19H22FN5O2/c1-27-16-14(3-2-4-15(16)20)17(26)23-18-6-12-5-13(7-18)9-19(8-12,10-18)25-22-11-21-24-25/h2-4,11-13H,5-10H2,1H3,(H,23,26). The van der Waals surface area contributed by atoms with Gasteiger partial charge in [0.2, 0.25) is 0 Å². The molecule has 2 unspecified atom stereocenters. The molecule has 142 valence electrons. The molecular formula is C19H22FN5O2. The number of benzene rings is 1. The highest BCUT2D eigenvalue weighted by Gasteiger charge is 2.60. The fraction of sp³-hybridized carbons (Fsp3) is 0.579. The van der Waals surface area contributed by atoms with Crippen molar-refractivity contribution in [1.82, 2.24) is 25.5 Å². The highest BCUT2D eigenvalue weighted by molar-refractivity contribution is 5.97. The molecule has 27 heavy (non-hydrogen) atoms. The van der Waals surface area contributed by atoms with E-state index in [-0.39, 0.29) is 28.3 Å². The van der Waals surface area contributed by atoms with Crippen molar-refractivity contribution in [1.29, 1.82) is 0 Å². The maximum Gasteiger partial charge on any atom is 0.255 e. The van der Waals surface area contributed by atoms with Crippen LogP contribution in [0.3, 0.4) is 0 Å². The molecular weight excluding hydrogens is 349 g/mol. The molecule has 4 saturated carbocycles. The van der Waals surface area contributed by atoms with Gasteiger partial charge in [-0.05, 0) is 67.7 Å². The van der Waals surface area contributed by atoms with Crippen LogP contribution in [0.1, 0.15) is 48.9 Å². The van der Waals surface area contributed by atoms with Crippen molar-refractivity contribution in [3.05, 3.63) is 35.9 Å². The first-order chi connectivity index (χ1) is 13.0. The summed E-state index contributed by atoms with van der Waals surface area (Å²) in [6.45, 7) is 0. The first kappa shape index (κ1) is 16.6. The number of carbonyl (C=O) groups excluding carboxylic acids is 1. The van der Waals surface area contributed by atoms with Crippen LogP contribution in [0.2, 0.25) is 0 Å². The molecule has 2 aromatic rings. The summed E-state index contributed by atoms with van der Waals surface area (Å²) in [7, 11) is 1.38. The highest BCUT2D eigenvalue weighted by Crippen LogP contribution is 2.60. The Labute approximate surface area is 156 Å². The Bertz CT molecular complexity index is 870. The number of methoxy groups -OCH3 is 1. The number of nitrogens with one attached hydrogen (secondary N) is 1. The number of halogens is 1. The SMILES string of the molecule is COc1c(F)cccc1C(=O)NC12CC3CC(C1)CC(n1ncnn1)(C3)C2. The molecule has 4 bridgehead atoms. The molecule has 0 spiro atoms. The van der Waals surface area contributed by atoms with Crippen molar-refractivity contribution in [2.45, 2.75) is 49.6 Å². The van der Waals surface area contributed by atoms with Crippen LogP contribution in [0.5, 0.6) is 5.75 Å². The summed E-state index contributed by atoms with van der Waals surface area (Å²) in [4.78, 5) is 14.8. The zero-order chi connectivity index (χ0) is 18.6. The normalized spacial score (nSPS) is 33.9. The first-order valence-electron chi connectivity index (χ1n) is 9.41. The van der Waals surface area contributed by atoms with Crippen molar-refractivity contribution in [3.8, 4) is 5.75 Å². The maximum atomic E-state index is 14.0. The molecule has 0 saturated heterocycles. The van der Waals surface area contributed by atoms with Gasteiger partial charge in [-0.15, -0.1) is 10.2 Å². The number of aromatic nitrogens is 4. The summed E-state index contributed by atoms with van der Waals surface area (Å²) in [6, 6.07) is 4.44. The van der Waals surface area contributed by atoms with Gasteiger partial charge in [0.25, 0.3) is 5.91 Å². The summed E-state index contributed by atoms with van der Waals surface area (Å²) in [5, 5.41) is 15.7. The molecule has 1 aromatic carbocycles.